The van der Waals surface area contributed by atoms with Gasteiger partial charge in [-0.1, -0.05) is 0 Å². The minimum atomic E-state index is -0.621. The minimum absolute atomic E-state index is 0.0486. The number of aryl methyl sites for hydroxylation is 1. The van der Waals surface area contributed by atoms with Crippen LogP contribution in [0.4, 0.5) is 5.88 Å². The molecule has 2 rings (SSSR count). The van der Waals surface area contributed by atoms with Crippen molar-refractivity contribution in [1.29, 1.82) is 0 Å². The molecular weight excluding hydrogens is 226 g/mol. The topological polar surface area (TPSA) is 109 Å². The molecule has 17 heavy (non-hydrogen) atoms. The summed E-state index contributed by atoms with van der Waals surface area (Å²) in [4.78, 5) is 16.7. The molecule has 2 heterocycles. The lowest BCUT2D eigenvalue weighted by atomic mass is 10.4. The molecule has 8 heteroatoms. The summed E-state index contributed by atoms with van der Waals surface area (Å²) >= 11 is 0. The zero-order valence-electron chi connectivity index (χ0n) is 9.38. The molecular formula is C9H11N5O3. The number of carbonyl (C=O) groups is 1. The molecule has 0 aliphatic carbocycles. The van der Waals surface area contributed by atoms with E-state index in [1.54, 1.807) is 14.0 Å². The van der Waals surface area contributed by atoms with Crippen LogP contribution < -0.4 is 5.73 Å². The molecule has 0 spiro atoms. The van der Waals surface area contributed by atoms with Crippen molar-refractivity contribution in [3.05, 3.63) is 11.9 Å². The van der Waals surface area contributed by atoms with Crippen molar-refractivity contribution in [3.63, 3.8) is 0 Å². The van der Waals surface area contributed by atoms with Gasteiger partial charge in [0.25, 0.3) is 5.89 Å². The number of ether oxygens (including phenoxy) is 1. The van der Waals surface area contributed by atoms with Crippen molar-refractivity contribution >= 4 is 11.9 Å². The van der Waals surface area contributed by atoms with Gasteiger partial charge in [0.2, 0.25) is 11.6 Å². The van der Waals surface area contributed by atoms with Crippen LogP contribution in [0.2, 0.25) is 0 Å². The van der Waals surface area contributed by atoms with E-state index in [1.165, 1.54) is 11.0 Å². The van der Waals surface area contributed by atoms with Crippen LogP contribution in [-0.2, 0) is 11.8 Å². The van der Waals surface area contributed by atoms with E-state index in [0.717, 1.165) is 0 Å². The summed E-state index contributed by atoms with van der Waals surface area (Å²) in [6.45, 7) is 1.93. The van der Waals surface area contributed by atoms with Gasteiger partial charge in [0.1, 0.15) is 0 Å². The fourth-order valence-electron chi connectivity index (χ4n) is 1.23. The highest BCUT2D eigenvalue weighted by molar-refractivity contribution is 5.92. The van der Waals surface area contributed by atoms with E-state index >= 15 is 0 Å². The second-order valence-corrected chi connectivity index (χ2v) is 3.17. The van der Waals surface area contributed by atoms with E-state index < -0.39 is 5.97 Å². The number of anilines is 1. The maximum Gasteiger partial charge on any atom is 0.362 e. The van der Waals surface area contributed by atoms with Crippen LogP contribution in [0.3, 0.4) is 0 Å². The number of nitrogen functional groups attached to an aromatic ring is 1. The smallest absolute Gasteiger partial charge is 0.362 e. The number of rotatable bonds is 3. The molecule has 2 aromatic heterocycles. The minimum Gasteiger partial charge on any atom is -0.461 e. The lowest BCUT2D eigenvalue weighted by Crippen LogP contribution is -2.07. The van der Waals surface area contributed by atoms with Crippen molar-refractivity contribution in [2.75, 3.05) is 12.3 Å². The Balaban J connectivity index is 2.33. The Bertz CT molecular complexity index is 545. The highest BCUT2D eigenvalue weighted by Gasteiger charge is 2.21. The Labute approximate surface area is 96.4 Å². The maximum absolute atomic E-state index is 11.4. The number of hydrogen-bond acceptors (Lipinski definition) is 7. The molecule has 0 bridgehead atoms. The summed E-state index contributed by atoms with van der Waals surface area (Å²) in [5, 5.41) is 7.84. The Kier molecular flexibility index (Phi) is 2.77. The Morgan fingerprint density at radius 2 is 2.41 bits per heavy atom. The first-order valence-electron chi connectivity index (χ1n) is 4.92. The Morgan fingerprint density at radius 1 is 1.65 bits per heavy atom. The van der Waals surface area contributed by atoms with Crippen molar-refractivity contribution < 1.29 is 13.9 Å². The Morgan fingerprint density at radius 3 is 3.00 bits per heavy atom. The van der Waals surface area contributed by atoms with Crippen molar-refractivity contribution in [2.45, 2.75) is 6.92 Å². The average Bonchev–Trinajstić information content (AvgIpc) is 2.85. The standard InChI is InChI=1S/C9H11N5O3/c1-3-16-9(15)6-7(10)17-8(12-6)5-4-11-14(2)13-5/h4H,3,10H2,1-2H3. The summed E-state index contributed by atoms with van der Waals surface area (Å²) < 4.78 is 9.91. The van der Waals surface area contributed by atoms with E-state index in [0.29, 0.717) is 5.69 Å². The van der Waals surface area contributed by atoms with Crippen molar-refractivity contribution in [2.24, 2.45) is 7.05 Å². The summed E-state index contributed by atoms with van der Waals surface area (Å²) in [5.41, 5.74) is 5.88. The molecule has 0 saturated carbocycles. The maximum atomic E-state index is 11.4. The number of esters is 1. The van der Waals surface area contributed by atoms with Crippen LogP contribution in [-0.4, -0.2) is 32.6 Å². The third-order valence-electron chi connectivity index (χ3n) is 1.94. The van der Waals surface area contributed by atoms with Gasteiger partial charge in [0.15, 0.2) is 5.69 Å². The molecule has 0 fully saturated rings. The van der Waals surface area contributed by atoms with Crippen LogP contribution in [0.15, 0.2) is 10.6 Å². The van der Waals surface area contributed by atoms with Gasteiger partial charge in [-0.15, -0.1) is 5.10 Å². The molecule has 0 amide bonds. The summed E-state index contributed by atoms with van der Waals surface area (Å²) in [5.74, 6) is -0.577. The number of carbonyl (C=O) groups excluding carboxylic acids is 1. The number of nitrogens with two attached hydrogens (primary N) is 1. The van der Waals surface area contributed by atoms with Crippen LogP contribution in [0.1, 0.15) is 17.4 Å². The first-order chi connectivity index (χ1) is 8.11. The largest absolute Gasteiger partial charge is 0.461 e. The normalized spacial score (nSPS) is 10.5. The molecule has 0 unspecified atom stereocenters. The zero-order valence-corrected chi connectivity index (χ0v) is 9.38. The highest BCUT2D eigenvalue weighted by atomic mass is 16.5. The predicted octanol–water partition coefficient (Wildman–Crippen LogP) is 0.229. The fourth-order valence-corrected chi connectivity index (χ4v) is 1.23. The lowest BCUT2D eigenvalue weighted by Gasteiger charge is -1.96. The van der Waals surface area contributed by atoms with Gasteiger partial charge in [-0.3, -0.25) is 0 Å². The lowest BCUT2D eigenvalue weighted by molar-refractivity contribution is 0.0521. The molecule has 2 aromatic rings. The number of aromatic nitrogens is 4. The van der Waals surface area contributed by atoms with E-state index in [1.807, 2.05) is 0 Å². The first kappa shape index (κ1) is 11.1. The van der Waals surface area contributed by atoms with E-state index in [9.17, 15) is 4.79 Å². The summed E-state index contributed by atoms with van der Waals surface area (Å²) in [7, 11) is 1.65. The van der Waals surface area contributed by atoms with Crippen molar-refractivity contribution in [1.82, 2.24) is 20.0 Å². The molecule has 2 N–H and O–H groups in total. The first-order valence-corrected chi connectivity index (χ1v) is 4.92. The van der Waals surface area contributed by atoms with Gasteiger partial charge in [-0.05, 0) is 6.92 Å². The summed E-state index contributed by atoms with van der Waals surface area (Å²) in [6, 6.07) is 0. The van der Waals surface area contributed by atoms with Gasteiger partial charge < -0.3 is 14.9 Å². The molecule has 0 aliphatic heterocycles. The van der Waals surface area contributed by atoms with Gasteiger partial charge in [-0.25, -0.2) is 4.79 Å². The molecule has 0 saturated heterocycles. The molecule has 0 atom stereocenters. The molecule has 0 aliphatic rings. The predicted molar refractivity (Wildman–Crippen MR) is 56.9 cm³/mol. The van der Waals surface area contributed by atoms with E-state index in [2.05, 4.69) is 15.2 Å². The number of hydrogen-bond donors (Lipinski definition) is 1. The van der Waals surface area contributed by atoms with Gasteiger partial charge in [-0.2, -0.15) is 14.9 Å². The molecule has 0 aromatic carbocycles. The highest BCUT2D eigenvalue weighted by Crippen LogP contribution is 2.21. The van der Waals surface area contributed by atoms with E-state index in [-0.39, 0.29) is 24.1 Å². The number of oxazole rings is 1. The zero-order chi connectivity index (χ0) is 12.4. The van der Waals surface area contributed by atoms with Crippen LogP contribution in [0, 0.1) is 0 Å². The Hall–Kier alpha value is -2.38. The second-order valence-electron chi connectivity index (χ2n) is 3.17. The van der Waals surface area contributed by atoms with Gasteiger partial charge >= 0.3 is 5.97 Å². The van der Waals surface area contributed by atoms with Crippen LogP contribution >= 0.6 is 0 Å². The molecule has 0 radical (unpaired) electrons. The van der Waals surface area contributed by atoms with E-state index in [4.69, 9.17) is 14.9 Å². The number of nitrogens with zero attached hydrogens (tertiary/aromatic N) is 4. The quantitative estimate of drug-likeness (QED) is 0.761. The second kappa shape index (κ2) is 4.24. The van der Waals surface area contributed by atoms with Gasteiger partial charge in [0, 0.05) is 7.05 Å². The third-order valence-corrected chi connectivity index (χ3v) is 1.94. The average molecular weight is 237 g/mol. The molecule has 90 valence electrons. The monoisotopic (exact) mass is 237 g/mol. The summed E-state index contributed by atoms with van der Waals surface area (Å²) in [6.07, 6.45) is 1.46. The fraction of sp³-hybridized carbons (Fsp3) is 0.333. The molecule has 8 nitrogen and oxygen atoms in total. The van der Waals surface area contributed by atoms with Crippen LogP contribution in [0.5, 0.6) is 0 Å². The van der Waals surface area contributed by atoms with Crippen LogP contribution in [0.25, 0.3) is 11.6 Å². The van der Waals surface area contributed by atoms with Gasteiger partial charge in [0.05, 0.1) is 12.8 Å². The SMILES string of the molecule is CCOC(=O)c1nc(-c2cnn(C)n2)oc1N. The third kappa shape index (κ3) is 2.10. The van der Waals surface area contributed by atoms with Crippen molar-refractivity contribution in [3.8, 4) is 11.6 Å².